The van der Waals surface area contributed by atoms with Crippen LogP contribution in [-0.2, 0) is 9.59 Å². The number of urea groups is 1. The largest absolute Gasteiger partial charge is 0.485 e. The van der Waals surface area contributed by atoms with Gasteiger partial charge < -0.3 is 24.6 Å². The van der Waals surface area contributed by atoms with Crippen molar-refractivity contribution >= 4 is 17.8 Å². The molecule has 0 aromatic heterocycles. The number of quaternary nitrogens is 1. The van der Waals surface area contributed by atoms with Gasteiger partial charge in [0.15, 0.2) is 18.0 Å². The molecule has 1 saturated heterocycles. The molecule has 2 aliphatic rings. The summed E-state index contributed by atoms with van der Waals surface area (Å²) in [5.41, 5.74) is -0.408. The number of piperazine rings is 1. The van der Waals surface area contributed by atoms with Crippen LogP contribution >= 0.6 is 0 Å². The molecular weight excluding hydrogens is 376 g/mol. The Hall–Kier alpha value is -2.81. The van der Waals surface area contributed by atoms with Crippen LogP contribution in [0.1, 0.15) is 20.8 Å². The Morgan fingerprint density at radius 2 is 1.79 bits per heavy atom. The standard InChI is InChI=1S/C20H28N4O5/c1-20(2,3)22-19(27)21-17(25)12-23-8-10-24(11-9-23)18(26)16-13-28-14-6-4-5-7-15(14)29-16/h4-7,16H,8-13H2,1-3H3,(H2,21,22,25,27)/p+1/t16-/m1/s1. The van der Waals surface area contributed by atoms with E-state index in [-0.39, 0.29) is 25.0 Å². The zero-order valence-electron chi connectivity index (χ0n) is 17.1. The first kappa shape index (κ1) is 20.9. The summed E-state index contributed by atoms with van der Waals surface area (Å²) in [6.45, 7) is 8.22. The highest BCUT2D eigenvalue weighted by molar-refractivity contribution is 5.95. The third-order valence-corrected chi connectivity index (χ3v) is 4.72. The van der Waals surface area contributed by atoms with Gasteiger partial charge in [0.1, 0.15) is 6.61 Å². The van der Waals surface area contributed by atoms with Crippen LogP contribution in [0.3, 0.4) is 0 Å². The number of nitrogens with one attached hydrogen (secondary N) is 3. The van der Waals surface area contributed by atoms with Crippen LogP contribution in [0.15, 0.2) is 24.3 Å². The maximum atomic E-state index is 12.7. The van der Waals surface area contributed by atoms with Gasteiger partial charge in [-0.3, -0.25) is 14.9 Å². The number of nitrogens with zero attached hydrogens (tertiary/aromatic N) is 1. The van der Waals surface area contributed by atoms with Crippen molar-refractivity contribution in [3.63, 3.8) is 0 Å². The Kier molecular flexibility index (Phi) is 6.26. The average Bonchev–Trinajstić information content (AvgIpc) is 2.66. The van der Waals surface area contributed by atoms with E-state index >= 15 is 0 Å². The van der Waals surface area contributed by atoms with Gasteiger partial charge >= 0.3 is 6.03 Å². The SMILES string of the molecule is CC(C)(C)NC(=O)NC(=O)C[NH+]1CCN(C(=O)[C@H]2COc3ccccc3O2)CC1. The molecule has 1 fully saturated rings. The number of rotatable bonds is 3. The van der Waals surface area contributed by atoms with E-state index < -0.39 is 17.7 Å². The molecule has 158 valence electrons. The molecule has 3 rings (SSSR count). The van der Waals surface area contributed by atoms with Crippen LogP contribution in [-0.4, -0.2) is 73.7 Å². The Balaban J connectivity index is 1.43. The molecule has 29 heavy (non-hydrogen) atoms. The third-order valence-electron chi connectivity index (χ3n) is 4.72. The summed E-state index contributed by atoms with van der Waals surface area (Å²) in [7, 11) is 0. The lowest BCUT2D eigenvalue weighted by Crippen LogP contribution is -3.16. The molecule has 0 radical (unpaired) electrons. The summed E-state index contributed by atoms with van der Waals surface area (Å²) in [6, 6.07) is 6.79. The fraction of sp³-hybridized carbons (Fsp3) is 0.550. The molecule has 1 aromatic rings. The molecule has 0 spiro atoms. The van der Waals surface area contributed by atoms with Crippen molar-refractivity contribution in [3.05, 3.63) is 24.3 Å². The molecule has 4 amide bonds. The van der Waals surface area contributed by atoms with Gasteiger partial charge in [0.2, 0.25) is 6.10 Å². The quantitative estimate of drug-likeness (QED) is 0.610. The lowest BCUT2D eigenvalue weighted by atomic mass is 10.1. The van der Waals surface area contributed by atoms with Crippen molar-refractivity contribution in [2.24, 2.45) is 0 Å². The van der Waals surface area contributed by atoms with Crippen LogP contribution < -0.4 is 25.0 Å². The summed E-state index contributed by atoms with van der Waals surface area (Å²) in [6.07, 6.45) is -0.657. The van der Waals surface area contributed by atoms with Crippen molar-refractivity contribution in [3.8, 4) is 11.5 Å². The fourth-order valence-corrected chi connectivity index (χ4v) is 3.33. The van der Waals surface area contributed by atoms with E-state index in [1.807, 2.05) is 39.0 Å². The molecule has 0 aliphatic carbocycles. The summed E-state index contributed by atoms with van der Waals surface area (Å²) < 4.78 is 11.4. The van der Waals surface area contributed by atoms with Crippen molar-refractivity contribution < 1.29 is 28.8 Å². The van der Waals surface area contributed by atoms with E-state index in [9.17, 15) is 14.4 Å². The third kappa shape index (κ3) is 5.83. The smallest absolute Gasteiger partial charge is 0.322 e. The first-order chi connectivity index (χ1) is 13.7. The van der Waals surface area contributed by atoms with Gasteiger partial charge in [-0.05, 0) is 32.9 Å². The highest BCUT2D eigenvalue weighted by atomic mass is 16.6. The first-order valence-electron chi connectivity index (χ1n) is 9.84. The second-order valence-corrected chi connectivity index (χ2v) is 8.37. The van der Waals surface area contributed by atoms with Gasteiger partial charge in [-0.15, -0.1) is 0 Å². The van der Waals surface area contributed by atoms with Gasteiger partial charge in [0.05, 0.1) is 26.2 Å². The zero-order valence-corrected chi connectivity index (χ0v) is 17.1. The molecule has 9 nitrogen and oxygen atoms in total. The average molecular weight is 405 g/mol. The summed E-state index contributed by atoms with van der Waals surface area (Å²) in [5, 5.41) is 5.05. The Morgan fingerprint density at radius 3 is 2.45 bits per heavy atom. The van der Waals surface area contributed by atoms with Gasteiger partial charge in [0, 0.05) is 5.54 Å². The van der Waals surface area contributed by atoms with Crippen molar-refractivity contribution in [1.29, 1.82) is 0 Å². The number of hydrogen-bond donors (Lipinski definition) is 3. The summed E-state index contributed by atoms with van der Waals surface area (Å²) >= 11 is 0. The fourth-order valence-electron chi connectivity index (χ4n) is 3.33. The second kappa shape index (κ2) is 8.69. The number of ether oxygens (including phenoxy) is 2. The molecular formula is C20H29N4O5+. The number of fused-ring (bicyclic) bond motifs is 1. The molecule has 2 heterocycles. The number of amides is 4. The second-order valence-electron chi connectivity index (χ2n) is 8.37. The highest BCUT2D eigenvalue weighted by Gasteiger charge is 2.34. The molecule has 0 unspecified atom stereocenters. The van der Waals surface area contributed by atoms with Crippen molar-refractivity contribution in [2.45, 2.75) is 32.4 Å². The summed E-state index contributed by atoms with van der Waals surface area (Å²) in [4.78, 5) is 39.4. The lowest BCUT2D eigenvalue weighted by molar-refractivity contribution is -0.896. The minimum atomic E-state index is -0.657. The van der Waals surface area contributed by atoms with Crippen LogP contribution in [0.5, 0.6) is 11.5 Å². The molecule has 0 bridgehead atoms. The van der Waals surface area contributed by atoms with Gasteiger partial charge in [-0.2, -0.15) is 0 Å². The van der Waals surface area contributed by atoms with Gasteiger partial charge in [-0.25, -0.2) is 4.79 Å². The predicted molar refractivity (Wildman–Crippen MR) is 105 cm³/mol. The maximum Gasteiger partial charge on any atom is 0.322 e. The Bertz CT molecular complexity index is 768. The van der Waals surface area contributed by atoms with E-state index in [0.717, 1.165) is 4.90 Å². The first-order valence-corrected chi connectivity index (χ1v) is 9.84. The molecule has 0 saturated carbocycles. The number of carbonyl (C=O) groups excluding carboxylic acids is 3. The molecule has 2 aliphatic heterocycles. The summed E-state index contributed by atoms with van der Waals surface area (Å²) in [5.74, 6) is 0.786. The van der Waals surface area contributed by atoms with Crippen molar-refractivity contribution in [1.82, 2.24) is 15.5 Å². The van der Waals surface area contributed by atoms with E-state index in [0.29, 0.717) is 37.7 Å². The Labute approximate surface area is 170 Å². The zero-order chi connectivity index (χ0) is 21.0. The van der Waals surface area contributed by atoms with Gasteiger partial charge in [-0.1, -0.05) is 12.1 Å². The number of carbonyl (C=O) groups is 3. The monoisotopic (exact) mass is 405 g/mol. The van der Waals surface area contributed by atoms with Crippen LogP contribution in [0.2, 0.25) is 0 Å². The van der Waals surface area contributed by atoms with Gasteiger partial charge in [0.25, 0.3) is 11.8 Å². The molecule has 1 atom stereocenters. The lowest BCUT2D eigenvalue weighted by Gasteiger charge is -2.35. The number of hydrogen-bond acceptors (Lipinski definition) is 5. The topological polar surface area (TPSA) is 101 Å². The molecule has 3 N–H and O–H groups in total. The maximum absolute atomic E-state index is 12.7. The van der Waals surface area contributed by atoms with E-state index in [2.05, 4.69) is 10.6 Å². The molecule has 1 aromatic carbocycles. The predicted octanol–water partition coefficient (Wildman–Crippen LogP) is -0.822. The number of benzene rings is 1. The number of para-hydroxylation sites is 2. The highest BCUT2D eigenvalue weighted by Crippen LogP contribution is 2.31. The van der Waals surface area contributed by atoms with Crippen LogP contribution in [0, 0.1) is 0 Å². The normalized spacial score (nSPS) is 19.4. The van der Waals surface area contributed by atoms with Crippen molar-refractivity contribution in [2.75, 3.05) is 39.3 Å². The van der Waals surface area contributed by atoms with E-state index in [4.69, 9.17) is 9.47 Å². The van der Waals surface area contributed by atoms with Crippen LogP contribution in [0.4, 0.5) is 4.79 Å². The van der Waals surface area contributed by atoms with E-state index in [1.165, 1.54) is 0 Å². The Morgan fingerprint density at radius 1 is 1.14 bits per heavy atom. The van der Waals surface area contributed by atoms with E-state index in [1.54, 1.807) is 11.0 Å². The van der Waals surface area contributed by atoms with Crippen LogP contribution in [0.25, 0.3) is 0 Å². The minimum absolute atomic E-state index is 0.104. The number of imide groups is 1. The minimum Gasteiger partial charge on any atom is -0.485 e. The molecule has 9 heteroatoms.